The smallest absolute Gasteiger partial charge is 0.322 e. The Hall–Kier alpha value is -4.64. The van der Waals surface area contributed by atoms with Crippen molar-refractivity contribution in [1.29, 1.82) is 0 Å². The number of carbonyl (C=O) groups is 2. The number of amides is 3. The van der Waals surface area contributed by atoms with Crippen LogP contribution in [0.2, 0.25) is 0 Å². The maximum atomic E-state index is 14.0. The number of aromatic nitrogens is 2. The van der Waals surface area contributed by atoms with Crippen LogP contribution in [0, 0.1) is 17.5 Å². The van der Waals surface area contributed by atoms with Gasteiger partial charge in [-0.15, -0.1) is 0 Å². The first kappa shape index (κ1) is 26.4. The highest BCUT2D eigenvalue weighted by Gasteiger charge is 2.21. The Bertz CT molecular complexity index is 1410. The second-order valence-corrected chi connectivity index (χ2v) is 8.19. The minimum atomic E-state index is -0.953. The number of nitrogens with one attached hydrogen (secondary N) is 2. The van der Waals surface area contributed by atoms with Crippen LogP contribution in [-0.4, -0.2) is 53.4 Å². The van der Waals surface area contributed by atoms with Crippen LogP contribution in [0.5, 0.6) is 0 Å². The maximum Gasteiger partial charge on any atom is 0.322 e. The molecule has 11 heteroatoms. The fourth-order valence-electron chi connectivity index (χ4n) is 3.59. The van der Waals surface area contributed by atoms with Crippen molar-refractivity contribution in [2.45, 2.75) is 0 Å². The first-order chi connectivity index (χ1) is 18.3. The molecule has 0 saturated heterocycles. The molecule has 8 nitrogen and oxygen atoms in total. The number of carbonyl (C=O) groups excluding carboxylic acids is 2. The van der Waals surface area contributed by atoms with E-state index in [9.17, 15) is 22.8 Å². The van der Waals surface area contributed by atoms with Crippen LogP contribution in [0.25, 0.3) is 16.9 Å². The third-order valence-corrected chi connectivity index (χ3v) is 5.48. The van der Waals surface area contributed by atoms with Gasteiger partial charge in [0.05, 0.1) is 23.7 Å². The van der Waals surface area contributed by atoms with Gasteiger partial charge in [-0.25, -0.2) is 22.6 Å². The van der Waals surface area contributed by atoms with E-state index in [1.807, 2.05) is 30.3 Å². The number of hydrogen-bond donors (Lipinski definition) is 2. The third-order valence-electron chi connectivity index (χ3n) is 5.48. The van der Waals surface area contributed by atoms with Crippen molar-refractivity contribution in [3.05, 3.63) is 96.3 Å². The molecule has 0 fully saturated rings. The average Bonchev–Trinajstić information content (AvgIpc) is 3.32. The van der Waals surface area contributed by atoms with Crippen molar-refractivity contribution in [3.63, 3.8) is 0 Å². The Morgan fingerprint density at radius 2 is 1.63 bits per heavy atom. The number of hydrogen-bond acceptors (Lipinski definition) is 4. The second-order valence-electron chi connectivity index (χ2n) is 8.19. The average molecular weight is 524 g/mol. The van der Waals surface area contributed by atoms with Crippen LogP contribution in [0.4, 0.5) is 29.5 Å². The molecule has 4 rings (SSSR count). The van der Waals surface area contributed by atoms with E-state index in [2.05, 4.69) is 15.7 Å². The molecule has 0 spiro atoms. The van der Waals surface area contributed by atoms with Crippen LogP contribution < -0.4 is 10.6 Å². The van der Waals surface area contributed by atoms with Crippen molar-refractivity contribution in [1.82, 2.24) is 14.7 Å². The number of nitrogens with zero attached hydrogens (tertiary/aromatic N) is 3. The lowest BCUT2D eigenvalue weighted by atomic mass is 10.1. The Morgan fingerprint density at radius 3 is 2.32 bits per heavy atom. The summed E-state index contributed by atoms with van der Waals surface area (Å²) in [5.41, 5.74) is 1.63. The fraction of sp³-hybridized carbons (Fsp3) is 0.148. The summed E-state index contributed by atoms with van der Waals surface area (Å²) in [4.78, 5) is 27.0. The highest BCUT2D eigenvalue weighted by molar-refractivity contribution is 5.97. The molecule has 0 atom stereocenters. The van der Waals surface area contributed by atoms with Gasteiger partial charge in [-0.3, -0.25) is 4.79 Å². The molecule has 2 N–H and O–H groups in total. The second kappa shape index (κ2) is 12.1. The predicted octanol–water partition coefficient (Wildman–Crippen LogP) is 5.08. The Kier molecular flexibility index (Phi) is 8.39. The van der Waals surface area contributed by atoms with E-state index in [0.717, 1.165) is 22.6 Å². The summed E-state index contributed by atoms with van der Waals surface area (Å²) in [6.07, 6.45) is 0. The number of rotatable bonds is 9. The number of anilines is 2. The molecule has 0 aliphatic rings. The van der Waals surface area contributed by atoms with E-state index in [-0.39, 0.29) is 24.7 Å². The summed E-state index contributed by atoms with van der Waals surface area (Å²) in [5, 5.41) is 9.64. The van der Waals surface area contributed by atoms with Crippen LogP contribution in [0.15, 0.2) is 78.9 Å². The van der Waals surface area contributed by atoms with Crippen LogP contribution >= 0.6 is 0 Å². The van der Waals surface area contributed by atoms with Crippen molar-refractivity contribution in [3.8, 4) is 16.9 Å². The molecule has 0 radical (unpaired) electrons. The zero-order valence-corrected chi connectivity index (χ0v) is 20.3. The van der Waals surface area contributed by atoms with E-state index in [0.29, 0.717) is 17.4 Å². The SMILES string of the molecule is COCCN(CC(=O)Nc1cc(-c2ccccc2)nn1-c1ccc(F)cc1)C(=O)Nc1ccc(F)cc1F. The van der Waals surface area contributed by atoms with Crippen LogP contribution in [0.1, 0.15) is 0 Å². The van der Waals surface area contributed by atoms with Crippen LogP contribution in [0.3, 0.4) is 0 Å². The molecule has 196 valence electrons. The van der Waals surface area contributed by atoms with E-state index < -0.39 is 35.9 Å². The Labute approximate surface area is 216 Å². The summed E-state index contributed by atoms with van der Waals surface area (Å²) >= 11 is 0. The highest BCUT2D eigenvalue weighted by atomic mass is 19.1. The number of methoxy groups -OCH3 is 1. The molecule has 0 unspecified atom stereocenters. The molecular weight excluding hydrogens is 499 g/mol. The zero-order chi connectivity index (χ0) is 27.1. The van der Waals surface area contributed by atoms with E-state index in [1.54, 1.807) is 6.07 Å². The molecule has 1 heterocycles. The largest absolute Gasteiger partial charge is 0.383 e. The topological polar surface area (TPSA) is 88.5 Å². The van der Waals surface area contributed by atoms with Crippen molar-refractivity contribution in [2.75, 3.05) is 37.4 Å². The summed E-state index contributed by atoms with van der Waals surface area (Å²) < 4.78 is 47.2. The molecular formula is C27H24F3N5O3. The van der Waals surface area contributed by atoms with Gasteiger partial charge in [-0.05, 0) is 36.4 Å². The molecule has 0 saturated carbocycles. The van der Waals surface area contributed by atoms with Gasteiger partial charge in [-0.1, -0.05) is 30.3 Å². The third kappa shape index (κ3) is 6.56. The Morgan fingerprint density at radius 1 is 0.921 bits per heavy atom. The monoisotopic (exact) mass is 523 g/mol. The molecule has 1 aromatic heterocycles. The minimum Gasteiger partial charge on any atom is -0.383 e. The van der Waals surface area contributed by atoms with Gasteiger partial charge in [0.15, 0.2) is 0 Å². The Balaban J connectivity index is 1.55. The minimum absolute atomic E-state index is 0.0189. The number of benzene rings is 3. The summed E-state index contributed by atoms with van der Waals surface area (Å²) in [7, 11) is 1.43. The summed E-state index contributed by atoms with van der Waals surface area (Å²) in [6.45, 7) is -0.281. The molecule has 3 aromatic carbocycles. The van der Waals surface area contributed by atoms with Gasteiger partial charge in [0, 0.05) is 31.4 Å². The van der Waals surface area contributed by atoms with E-state index in [4.69, 9.17) is 4.74 Å². The molecule has 0 aliphatic heterocycles. The molecule has 0 aliphatic carbocycles. The van der Waals surface area contributed by atoms with Crippen molar-refractivity contribution < 1.29 is 27.5 Å². The number of halogens is 3. The molecule has 4 aromatic rings. The summed E-state index contributed by atoms with van der Waals surface area (Å²) in [5.74, 6) is -2.45. The first-order valence-corrected chi connectivity index (χ1v) is 11.5. The van der Waals surface area contributed by atoms with E-state index in [1.165, 1.54) is 36.1 Å². The van der Waals surface area contributed by atoms with Gasteiger partial charge >= 0.3 is 6.03 Å². The van der Waals surface area contributed by atoms with Gasteiger partial charge in [-0.2, -0.15) is 5.10 Å². The van der Waals surface area contributed by atoms with Crippen molar-refractivity contribution in [2.24, 2.45) is 0 Å². The molecule has 0 bridgehead atoms. The van der Waals surface area contributed by atoms with Gasteiger partial charge < -0.3 is 20.3 Å². The first-order valence-electron chi connectivity index (χ1n) is 11.5. The van der Waals surface area contributed by atoms with Gasteiger partial charge in [0.1, 0.15) is 29.8 Å². The van der Waals surface area contributed by atoms with Gasteiger partial charge in [0.25, 0.3) is 0 Å². The highest BCUT2D eigenvalue weighted by Crippen LogP contribution is 2.25. The maximum absolute atomic E-state index is 14.0. The van der Waals surface area contributed by atoms with Crippen molar-refractivity contribution >= 4 is 23.4 Å². The quantitative estimate of drug-likeness (QED) is 0.321. The standard InChI is InChI=1S/C27H24F3N5O3/c1-38-14-13-34(27(37)31-23-12-9-20(29)15-22(23)30)17-26(36)32-25-16-24(18-5-3-2-4-6-18)33-35(25)21-10-7-19(28)8-11-21/h2-12,15-16H,13-14,17H2,1H3,(H,31,37)(H,32,36). The van der Waals surface area contributed by atoms with Gasteiger partial charge in [0.2, 0.25) is 5.91 Å². The normalized spacial score (nSPS) is 10.7. The fourth-order valence-corrected chi connectivity index (χ4v) is 3.59. The molecule has 3 amide bonds. The lowest BCUT2D eigenvalue weighted by Crippen LogP contribution is -2.42. The lowest BCUT2D eigenvalue weighted by molar-refractivity contribution is -0.116. The number of urea groups is 1. The van der Waals surface area contributed by atoms with Crippen LogP contribution in [-0.2, 0) is 9.53 Å². The van der Waals surface area contributed by atoms with E-state index >= 15 is 0 Å². The summed E-state index contributed by atoms with van der Waals surface area (Å²) in [6, 6.07) is 18.5. The zero-order valence-electron chi connectivity index (χ0n) is 20.3. The lowest BCUT2D eigenvalue weighted by Gasteiger charge is -2.22. The number of ether oxygens (including phenoxy) is 1. The predicted molar refractivity (Wildman–Crippen MR) is 136 cm³/mol. The molecule has 38 heavy (non-hydrogen) atoms.